The summed E-state index contributed by atoms with van der Waals surface area (Å²) in [5.41, 5.74) is 3.56. The van der Waals surface area contributed by atoms with Gasteiger partial charge in [-0.1, -0.05) is 37.0 Å². The SMILES string of the molecule is Cc1ccc(N2CC(CCC(=O)O)=C(NC3CCCCC3)C2=O)cc1. The first-order valence-corrected chi connectivity index (χ1v) is 9.13. The molecule has 2 N–H and O–H groups in total. The van der Waals surface area contributed by atoms with E-state index in [1.807, 2.05) is 31.2 Å². The van der Waals surface area contributed by atoms with E-state index in [4.69, 9.17) is 5.11 Å². The highest BCUT2D eigenvalue weighted by Gasteiger charge is 2.32. The van der Waals surface area contributed by atoms with Crippen molar-refractivity contribution < 1.29 is 14.7 Å². The van der Waals surface area contributed by atoms with E-state index in [0.717, 1.165) is 29.7 Å². The van der Waals surface area contributed by atoms with Crippen molar-refractivity contribution in [3.8, 4) is 0 Å². The molecule has 1 amide bonds. The molecule has 2 aliphatic rings. The van der Waals surface area contributed by atoms with Gasteiger partial charge in [0.1, 0.15) is 5.70 Å². The number of carboxylic acids is 1. The standard InChI is InChI=1S/C20H26N2O3/c1-14-7-10-17(11-8-14)22-13-15(9-12-18(23)24)19(20(22)25)21-16-5-3-2-4-6-16/h7-8,10-11,16,21H,2-6,9,12-13H2,1H3,(H,23,24). The summed E-state index contributed by atoms with van der Waals surface area (Å²) in [7, 11) is 0. The molecule has 1 heterocycles. The zero-order valence-corrected chi connectivity index (χ0v) is 14.8. The molecule has 5 nitrogen and oxygen atoms in total. The molecule has 1 aliphatic carbocycles. The Balaban J connectivity index is 1.79. The number of aryl methyl sites for hydroxylation is 1. The normalized spacial score (nSPS) is 18.8. The van der Waals surface area contributed by atoms with Crippen LogP contribution in [0.3, 0.4) is 0 Å². The van der Waals surface area contributed by atoms with Crippen LogP contribution in [0.1, 0.15) is 50.5 Å². The molecule has 5 heteroatoms. The smallest absolute Gasteiger partial charge is 0.303 e. The monoisotopic (exact) mass is 342 g/mol. The average molecular weight is 342 g/mol. The summed E-state index contributed by atoms with van der Waals surface area (Å²) in [6.45, 7) is 2.49. The third-order valence-electron chi connectivity index (χ3n) is 5.10. The molecule has 1 aromatic carbocycles. The van der Waals surface area contributed by atoms with E-state index >= 15 is 0 Å². The number of carbonyl (C=O) groups excluding carboxylic acids is 1. The minimum absolute atomic E-state index is 0.0326. The van der Waals surface area contributed by atoms with Crippen LogP contribution in [-0.2, 0) is 9.59 Å². The van der Waals surface area contributed by atoms with E-state index < -0.39 is 5.97 Å². The van der Waals surface area contributed by atoms with Gasteiger partial charge in [0.05, 0.1) is 0 Å². The number of hydrogen-bond donors (Lipinski definition) is 2. The molecule has 0 unspecified atom stereocenters. The van der Waals surface area contributed by atoms with Gasteiger partial charge in [0.25, 0.3) is 5.91 Å². The predicted octanol–water partition coefficient (Wildman–Crippen LogP) is 3.38. The van der Waals surface area contributed by atoms with Crippen LogP contribution in [0.5, 0.6) is 0 Å². The van der Waals surface area contributed by atoms with Crippen LogP contribution < -0.4 is 10.2 Å². The summed E-state index contributed by atoms with van der Waals surface area (Å²) in [5.74, 6) is -0.861. The molecule has 1 saturated carbocycles. The highest BCUT2D eigenvalue weighted by molar-refractivity contribution is 6.09. The largest absolute Gasteiger partial charge is 0.481 e. The lowest BCUT2D eigenvalue weighted by molar-refractivity contribution is -0.137. The molecular formula is C20H26N2O3. The van der Waals surface area contributed by atoms with E-state index in [1.165, 1.54) is 19.3 Å². The van der Waals surface area contributed by atoms with Gasteiger partial charge in [-0.25, -0.2) is 0 Å². The third kappa shape index (κ3) is 4.21. The van der Waals surface area contributed by atoms with Crippen molar-refractivity contribution in [2.75, 3.05) is 11.4 Å². The predicted molar refractivity (Wildman–Crippen MR) is 97.4 cm³/mol. The molecular weight excluding hydrogens is 316 g/mol. The Morgan fingerprint density at radius 2 is 1.88 bits per heavy atom. The fraction of sp³-hybridized carbons (Fsp3) is 0.500. The summed E-state index contributed by atoms with van der Waals surface area (Å²) >= 11 is 0. The molecule has 3 rings (SSSR count). The Kier molecular flexibility index (Phi) is 5.41. The fourth-order valence-corrected chi connectivity index (χ4v) is 3.64. The summed E-state index contributed by atoms with van der Waals surface area (Å²) in [6, 6.07) is 8.21. The second-order valence-corrected chi connectivity index (χ2v) is 7.08. The Hall–Kier alpha value is -2.30. The summed E-state index contributed by atoms with van der Waals surface area (Å²) in [4.78, 5) is 25.7. The first kappa shape index (κ1) is 17.5. The number of carboxylic acid groups (broad SMARTS) is 1. The molecule has 25 heavy (non-hydrogen) atoms. The number of carbonyl (C=O) groups is 2. The summed E-state index contributed by atoms with van der Waals surface area (Å²) < 4.78 is 0. The van der Waals surface area contributed by atoms with Gasteiger partial charge >= 0.3 is 5.97 Å². The van der Waals surface area contributed by atoms with Crippen molar-refractivity contribution in [1.82, 2.24) is 5.32 Å². The van der Waals surface area contributed by atoms with Gasteiger partial charge in [0, 0.05) is 24.7 Å². The number of aliphatic carboxylic acids is 1. The van der Waals surface area contributed by atoms with E-state index in [1.54, 1.807) is 4.90 Å². The van der Waals surface area contributed by atoms with E-state index in [0.29, 0.717) is 24.7 Å². The van der Waals surface area contributed by atoms with E-state index in [2.05, 4.69) is 5.32 Å². The van der Waals surface area contributed by atoms with Crippen LogP contribution >= 0.6 is 0 Å². The minimum Gasteiger partial charge on any atom is -0.481 e. The number of nitrogens with zero attached hydrogens (tertiary/aromatic N) is 1. The molecule has 1 aliphatic heterocycles. The third-order valence-corrected chi connectivity index (χ3v) is 5.10. The molecule has 0 spiro atoms. The maximum Gasteiger partial charge on any atom is 0.303 e. The molecule has 0 radical (unpaired) electrons. The van der Waals surface area contributed by atoms with Gasteiger partial charge in [-0.15, -0.1) is 0 Å². The topological polar surface area (TPSA) is 69.6 Å². The summed E-state index contributed by atoms with van der Waals surface area (Å²) in [6.07, 6.45) is 6.25. The minimum atomic E-state index is -0.828. The van der Waals surface area contributed by atoms with Gasteiger partial charge in [0.2, 0.25) is 0 Å². The van der Waals surface area contributed by atoms with Gasteiger partial charge in [-0.05, 0) is 43.9 Å². The fourth-order valence-electron chi connectivity index (χ4n) is 3.64. The lowest BCUT2D eigenvalue weighted by Crippen LogP contribution is -2.36. The van der Waals surface area contributed by atoms with Crippen molar-refractivity contribution in [3.05, 3.63) is 41.1 Å². The van der Waals surface area contributed by atoms with Gasteiger partial charge in [-0.2, -0.15) is 0 Å². The average Bonchev–Trinajstić information content (AvgIpc) is 2.91. The number of benzene rings is 1. The van der Waals surface area contributed by atoms with Crippen molar-refractivity contribution in [2.24, 2.45) is 0 Å². The van der Waals surface area contributed by atoms with Crippen LogP contribution in [0.25, 0.3) is 0 Å². The molecule has 0 aromatic heterocycles. The van der Waals surface area contributed by atoms with Crippen molar-refractivity contribution >= 4 is 17.6 Å². The number of anilines is 1. The van der Waals surface area contributed by atoms with E-state index in [9.17, 15) is 9.59 Å². The van der Waals surface area contributed by atoms with Crippen molar-refractivity contribution in [3.63, 3.8) is 0 Å². The molecule has 1 fully saturated rings. The second kappa shape index (κ2) is 7.72. The Bertz CT molecular complexity index is 673. The van der Waals surface area contributed by atoms with Crippen molar-refractivity contribution in [2.45, 2.75) is 57.9 Å². The second-order valence-electron chi connectivity index (χ2n) is 7.08. The van der Waals surface area contributed by atoms with E-state index in [-0.39, 0.29) is 12.3 Å². The van der Waals surface area contributed by atoms with Crippen molar-refractivity contribution in [1.29, 1.82) is 0 Å². The van der Waals surface area contributed by atoms with Crippen LogP contribution in [0, 0.1) is 6.92 Å². The maximum atomic E-state index is 13.0. The number of nitrogens with one attached hydrogen (secondary N) is 1. The van der Waals surface area contributed by atoms with Crippen LogP contribution in [0.2, 0.25) is 0 Å². The lowest BCUT2D eigenvalue weighted by Gasteiger charge is -2.25. The zero-order valence-electron chi connectivity index (χ0n) is 14.8. The van der Waals surface area contributed by atoms with Gasteiger partial charge in [0.15, 0.2) is 0 Å². The van der Waals surface area contributed by atoms with Gasteiger partial charge < -0.3 is 15.3 Å². The first-order chi connectivity index (χ1) is 12.0. The highest BCUT2D eigenvalue weighted by Crippen LogP contribution is 2.29. The molecule has 134 valence electrons. The van der Waals surface area contributed by atoms with Gasteiger partial charge in [-0.3, -0.25) is 9.59 Å². The maximum absolute atomic E-state index is 13.0. The zero-order chi connectivity index (χ0) is 17.8. The number of hydrogen-bond acceptors (Lipinski definition) is 3. The lowest BCUT2D eigenvalue weighted by atomic mass is 9.95. The molecule has 1 aromatic rings. The Morgan fingerprint density at radius 1 is 1.20 bits per heavy atom. The Labute approximate surface area is 148 Å². The molecule has 0 atom stereocenters. The van der Waals surface area contributed by atoms with Crippen LogP contribution in [0.4, 0.5) is 5.69 Å². The highest BCUT2D eigenvalue weighted by atomic mass is 16.4. The Morgan fingerprint density at radius 3 is 2.52 bits per heavy atom. The number of rotatable bonds is 6. The van der Waals surface area contributed by atoms with Crippen LogP contribution in [-0.4, -0.2) is 29.6 Å². The summed E-state index contributed by atoms with van der Waals surface area (Å²) in [5, 5.41) is 12.5. The first-order valence-electron chi connectivity index (χ1n) is 9.13. The molecule has 0 saturated heterocycles. The van der Waals surface area contributed by atoms with Crippen LogP contribution in [0.15, 0.2) is 35.5 Å². The number of amides is 1. The quantitative estimate of drug-likeness (QED) is 0.831. The molecule has 0 bridgehead atoms.